The minimum atomic E-state index is -1.15. The van der Waals surface area contributed by atoms with Gasteiger partial charge < -0.3 is 20.9 Å². The van der Waals surface area contributed by atoms with Gasteiger partial charge in [0.05, 0.1) is 12.7 Å². The van der Waals surface area contributed by atoms with Gasteiger partial charge in [-0.2, -0.15) is 0 Å². The van der Waals surface area contributed by atoms with Crippen LogP contribution < -0.4 is 11.1 Å². The van der Waals surface area contributed by atoms with Crippen molar-refractivity contribution < 1.29 is 19.4 Å². The van der Waals surface area contributed by atoms with Gasteiger partial charge in [0, 0.05) is 11.4 Å². The summed E-state index contributed by atoms with van der Waals surface area (Å²) in [6.45, 7) is 3.03. The van der Waals surface area contributed by atoms with Gasteiger partial charge in [0.1, 0.15) is 5.54 Å². The highest BCUT2D eigenvalue weighted by Crippen LogP contribution is 2.21. The normalized spacial score (nSPS) is 10.8. The molecular formula is C12H16N2O4. The van der Waals surface area contributed by atoms with Crippen LogP contribution in [0.15, 0.2) is 18.2 Å². The van der Waals surface area contributed by atoms with Gasteiger partial charge in [0.25, 0.3) is 0 Å². The van der Waals surface area contributed by atoms with Crippen LogP contribution in [-0.2, 0) is 9.53 Å². The second-order valence-corrected chi connectivity index (χ2v) is 4.35. The number of ether oxygens (including phenoxy) is 1. The van der Waals surface area contributed by atoms with Gasteiger partial charge in [-0.15, -0.1) is 0 Å². The number of anilines is 2. The second kappa shape index (κ2) is 4.95. The number of hydrogen-bond donors (Lipinski definition) is 3. The van der Waals surface area contributed by atoms with E-state index in [4.69, 9.17) is 10.8 Å². The van der Waals surface area contributed by atoms with E-state index in [1.54, 1.807) is 6.07 Å². The number of rotatable bonds is 4. The van der Waals surface area contributed by atoms with Crippen LogP contribution >= 0.6 is 0 Å². The molecule has 0 fully saturated rings. The average molecular weight is 252 g/mol. The molecule has 0 heterocycles. The molecule has 0 radical (unpaired) electrons. The van der Waals surface area contributed by atoms with E-state index in [9.17, 15) is 9.59 Å². The van der Waals surface area contributed by atoms with E-state index in [1.165, 1.54) is 33.1 Å². The fraction of sp³-hybridized carbons (Fsp3) is 0.333. The Morgan fingerprint density at radius 1 is 1.39 bits per heavy atom. The molecule has 0 aliphatic rings. The number of benzene rings is 1. The first-order valence-corrected chi connectivity index (χ1v) is 5.27. The predicted octanol–water partition coefficient (Wildman–Crippen LogP) is 1.33. The number of nitrogens with two attached hydrogens (primary N) is 1. The summed E-state index contributed by atoms with van der Waals surface area (Å²) < 4.78 is 4.59. The first-order chi connectivity index (χ1) is 8.27. The molecule has 0 atom stereocenters. The number of carbonyl (C=O) groups excluding carboxylic acids is 1. The fourth-order valence-electron chi connectivity index (χ4n) is 1.34. The molecule has 0 bridgehead atoms. The molecule has 98 valence electrons. The van der Waals surface area contributed by atoms with Gasteiger partial charge in [-0.1, -0.05) is 0 Å². The lowest BCUT2D eigenvalue weighted by Gasteiger charge is -2.22. The first-order valence-electron chi connectivity index (χ1n) is 5.27. The lowest BCUT2D eigenvalue weighted by Crippen LogP contribution is -2.40. The van der Waals surface area contributed by atoms with Crippen LogP contribution in [-0.4, -0.2) is 29.7 Å². The van der Waals surface area contributed by atoms with E-state index in [0.29, 0.717) is 5.69 Å². The van der Waals surface area contributed by atoms with Gasteiger partial charge in [-0.3, -0.25) is 0 Å². The van der Waals surface area contributed by atoms with Crippen molar-refractivity contribution in [2.45, 2.75) is 19.4 Å². The van der Waals surface area contributed by atoms with Crippen molar-refractivity contribution in [1.82, 2.24) is 0 Å². The highest BCUT2D eigenvalue weighted by Gasteiger charge is 2.27. The van der Waals surface area contributed by atoms with Crippen LogP contribution in [0, 0.1) is 0 Å². The summed E-state index contributed by atoms with van der Waals surface area (Å²) in [4.78, 5) is 22.4. The molecule has 1 aromatic carbocycles. The lowest BCUT2D eigenvalue weighted by molar-refractivity contribution is -0.141. The van der Waals surface area contributed by atoms with E-state index < -0.39 is 17.5 Å². The predicted molar refractivity (Wildman–Crippen MR) is 67.5 cm³/mol. The Morgan fingerprint density at radius 2 is 2.00 bits per heavy atom. The zero-order valence-electron chi connectivity index (χ0n) is 10.5. The SMILES string of the molecule is COC(=O)c1cc(NC(C)(C)C(=O)O)ccc1N. The third-order valence-electron chi connectivity index (χ3n) is 2.45. The Labute approximate surface area is 105 Å². The zero-order chi connectivity index (χ0) is 13.9. The molecule has 6 nitrogen and oxygen atoms in total. The van der Waals surface area contributed by atoms with Crippen molar-refractivity contribution in [3.05, 3.63) is 23.8 Å². The summed E-state index contributed by atoms with van der Waals surface area (Å²) in [5, 5.41) is 11.8. The van der Waals surface area contributed by atoms with Crippen LogP contribution in [0.2, 0.25) is 0 Å². The fourth-order valence-corrected chi connectivity index (χ4v) is 1.34. The summed E-state index contributed by atoms with van der Waals surface area (Å²) in [6, 6.07) is 4.59. The smallest absolute Gasteiger partial charge is 0.340 e. The second-order valence-electron chi connectivity index (χ2n) is 4.35. The number of esters is 1. The van der Waals surface area contributed by atoms with Crippen molar-refractivity contribution >= 4 is 23.3 Å². The Balaban J connectivity index is 3.06. The van der Waals surface area contributed by atoms with E-state index >= 15 is 0 Å². The Bertz CT molecular complexity index is 483. The van der Waals surface area contributed by atoms with Gasteiger partial charge in [-0.25, -0.2) is 9.59 Å². The summed E-state index contributed by atoms with van der Waals surface area (Å²) >= 11 is 0. The molecule has 1 rings (SSSR count). The quantitative estimate of drug-likeness (QED) is 0.552. The zero-order valence-corrected chi connectivity index (χ0v) is 10.5. The summed E-state index contributed by atoms with van der Waals surface area (Å²) in [5.41, 5.74) is 5.45. The monoisotopic (exact) mass is 252 g/mol. The molecule has 0 amide bonds. The molecule has 0 spiro atoms. The minimum absolute atomic E-state index is 0.198. The molecule has 4 N–H and O–H groups in total. The number of carboxylic acid groups (broad SMARTS) is 1. The number of nitrogen functional groups attached to an aromatic ring is 1. The van der Waals surface area contributed by atoms with Gasteiger partial charge in [0.15, 0.2) is 0 Å². The van der Waals surface area contributed by atoms with Crippen LogP contribution in [0.4, 0.5) is 11.4 Å². The third-order valence-corrected chi connectivity index (χ3v) is 2.45. The average Bonchev–Trinajstić information content (AvgIpc) is 2.30. The molecule has 1 aromatic rings. The number of aliphatic carboxylic acids is 1. The number of carboxylic acids is 1. The standard InChI is InChI=1S/C12H16N2O4/c1-12(2,11(16)17)14-7-4-5-9(13)8(6-7)10(15)18-3/h4-6,14H,13H2,1-3H3,(H,16,17). The van der Waals surface area contributed by atoms with E-state index in [2.05, 4.69) is 10.1 Å². The number of methoxy groups -OCH3 is 1. The third kappa shape index (κ3) is 2.91. The molecule has 0 saturated heterocycles. The Kier molecular flexibility index (Phi) is 3.80. The molecule has 6 heteroatoms. The number of hydrogen-bond acceptors (Lipinski definition) is 5. The maximum atomic E-state index is 11.4. The molecule has 0 aliphatic heterocycles. The van der Waals surface area contributed by atoms with Crippen molar-refractivity contribution in [2.75, 3.05) is 18.2 Å². The minimum Gasteiger partial charge on any atom is -0.480 e. The maximum absolute atomic E-state index is 11.4. The van der Waals surface area contributed by atoms with E-state index in [-0.39, 0.29) is 11.3 Å². The van der Waals surface area contributed by atoms with Crippen molar-refractivity contribution in [3.63, 3.8) is 0 Å². The van der Waals surface area contributed by atoms with Crippen molar-refractivity contribution in [2.24, 2.45) is 0 Å². The summed E-state index contributed by atoms with van der Waals surface area (Å²) in [5.74, 6) is -1.57. The van der Waals surface area contributed by atoms with Crippen LogP contribution in [0.5, 0.6) is 0 Å². The van der Waals surface area contributed by atoms with Crippen LogP contribution in [0.25, 0.3) is 0 Å². The maximum Gasteiger partial charge on any atom is 0.340 e. The van der Waals surface area contributed by atoms with E-state index in [1.807, 2.05) is 0 Å². The molecule has 0 saturated carbocycles. The molecule has 0 unspecified atom stereocenters. The summed E-state index contributed by atoms with van der Waals surface area (Å²) in [7, 11) is 1.25. The molecule has 18 heavy (non-hydrogen) atoms. The topological polar surface area (TPSA) is 102 Å². The van der Waals surface area contributed by atoms with Crippen molar-refractivity contribution in [3.8, 4) is 0 Å². The first kappa shape index (κ1) is 13.8. The lowest BCUT2D eigenvalue weighted by atomic mass is 10.0. The molecule has 0 aliphatic carbocycles. The highest BCUT2D eigenvalue weighted by atomic mass is 16.5. The van der Waals surface area contributed by atoms with E-state index in [0.717, 1.165) is 0 Å². The van der Waals surface area contributed by atoms with Gasteiger partial charge >= 0.3 is 11.9 Å². The Hall–Kier alpha value is -2.24. The summed E-state index contributed by atoms with van der Waals surface area (Å²) in [6.07, 6.45) is 0. The van der Waals surface area contributed by atoms with Crippen LogP contribution in [0.1, 0.15) is 24.2 Å². The van der Waals surface area contributed by atoms with Crippen molar-refractivity contribution in [1.29, 1.82) is 0 Å². The van der Waals surface area contributed by atoms with Crippen LogP contribution in [0.3, 0.4) is 0 Å². The molecule has 0 aromatic heterocycles. The Morgan fingerprint density at radius 3 is 2.50 bits per heavy atom. The van der Waals surface area contributed by atoms with Gasteiger partial charge in [-0.05, 0) is 32.0 Å². The van der Waals surface area contributed by atoms with Gasteiger partial charge in [0.2, 0.25) is 0 Å². The largest absolute Gasteiger partial charge is 0.480 e. The number of nitrogens with one attached hydrogen (secondary N) is 1. The highest BCUT2D eigenvalue weighted by molar-refractivity contribution is 5.96. The number of carbonyl (C=O) groups is 2. The molecular weight excluding hydrogens is 236 g/mol.